The van der Waals surface area contributed by atoms with Crippen LogP contribution in [0, 0.1) is 18.3 Å². The van der Waals surface area contributed by atoms with E-state index in [1.165, 1.54) is 5.56 Å². The van der Waals surface area contributed by atoms with Gasteiger partial charge in [-0.05, 0) is 82.6 Å². The van der Waals surface area contributed by atoms with Crippen molar-refractivity contribution in [3.63, 3.8) is 0 Å². The van der Waals surface area contributed by atoms with Crippen molar-refractivity contribution in [2.45, 2.75) is 45.3 Å². The molecule has 3 aromatic carbocycles. The number of pyridine rings is 1. The number of amides is 1. The van der Waals surface area contributed by atoms with Crippen molar-refractivity contribution in [1.29, 1.82) is 5.26 Å². The second-order valence-corrected chi connectivity index (χ2v) is 12.6. The highest BCUT2D eigenvalue weighted by Crippen LogP contribution is 2.38. The summed E-state index contributed by atoms with van der Waals surface area (Å²) in [5.74, 6) is 0.910. The molecule has 6 rings (SSSR count). The maximum atomic E-state index is 13.3. The molecular weight excluding hydrogens is 612 g/mol. The molecule has 242 valence electrons. The van der Waals surface area contributed by atoms with Gasteiger partial charge in [0, 0.05) is 42.5 Å². The van der Waals surface area contributed by atoms with Crippen LogP contribution in [0.3, 0.4) is 0 Å². The molecule has 10 heteroatoms. The van der Waals surface area contributed by atoms with Gasteiger partial charge in [-0.2, -0.15) is 5.26 Å². The van der Waals surface area contributed by atoms with Gasteiger partial charge in [0.25, 0.3) is 0 Å². The minimum atomic E-state index is -0.207. The van der Waals surface area contributed by atoms with Crippen molar-refractivity contribution in [2.75, 3.05) is 43.9 Å². The number of nitrogens with one attached hydrogen (secondary N) is 3. The number of likely N-dealkylation sites (tertiary alicyclic amines) is 1. The predicted molar refractivity (Wildman–Crippen MR) is 187 cm³/mol. The van der Waals surface area contributed by atoms with E-state index in [9.17, 15) is 10.1 Å². The van der Waals surface area contributed by atoms with Gasteiger partial charge in [0.2, 0.25) is 5.91 Å². The Labute approximate surface area is 280 Å². The first-order valence-corrected chi connectivity index (χ1v) is 16.4. The molecule has 2 aliphatic rings. The second kappa shape index (κ2) is 14.9. The molecule has 9 nitrogen and oxygen atoms in total. The molecule has 0 aliphatic carbocycles. The average molecular weight is 651 g/mol. The summed E-state index contributed by atoms with van der Waals surface area (Å²) in [6.45, 7) is 6.05. The van der Waals surface area contributed by atoms with Gasteiger partial charge < -0.3 is 30.3 Å². The molecule has 0 radical (unpaired) electrons. The lowest BCUT2D eigenvalue weighted by atomic mass is 10.0. The van der Waals surface area contributed by atoms with Gasteiger partial charge in [-0.3, -0.25) is 9.78 Å². The Hall–Kier alpha value is -4.62. The van der Waals surface area contributed by atoms with Crippen LogP contribution >= 0.6 is 11.6 Å². The van der Waals surface area contributed by atoms with E-state index in [2.05, 4.69) is 39.0 Å². The fourth-order valence-electron chi connectivity index (χ4n) is 5.85. The van der Waals surface area contributed by atoms with Crippen LogP contribution in [0.15, 0.2) is 72.4 Å². The number of hydrogen-bond acceptors (Lipinski definition) is 8. The predicted octanol–water partition coefficient (Wildman–Crippen LogP) is 7.11. The summed E-state index contributed by atoms with van der Waals surface area (Å²) >= 11 is 6.65. The number of nitrogens with zero attached hydrogens (tertiary/aromatic N) is 3. The fraction of sp³-hybridized carbons (Fsp3) is 0.324. The number of rotatable bonds is 9. The molecule has 3 N–H and O–H groups in total. The Morgan fingerprint density at radius 3 is 2.60 bits per heavy atom. The summed E-state index contributed by atoms with van der Waals surface area (Å²) in [6, 6.07) is 19.5. The molecule has 47 heavy (non-hydrogen) atoms. The normalized spacial score (nSPS) is 15.6. The van der Waals surface area contributed by atoms with Crippen LogP contribution in [0.2, 0.25) is 5.02 Å². The van der Waals surface area contributed by atoms with E-state index in [1.807, 2.05) is 55.5 Å². The minimum absolute atomic E-state index is 0.0203. The smallest absolute Gasteiger partial charge is 0.248 e. The number of aryl methyl sites for hydroxylation is 1. The molecule has 4 aromatic rings. The summed E-state index contributed by atoms with van der Waals surface area (Å²) in [7, 11) is 2.11. The lowest BCUT2D eigenvalue weighted by Crippen LogP contribution is -2.35. The third kappa shape index (κ3) is 8.22. The highest BCUT2D eigenvalue weighted by molar-refractivity contribution is 6.32. The molecule has 2 fully saturated rings. The highest BCUT2D eigenvalue weighted by atomic mass is 35.5. The lowest BCUT2D eigenvalue weighted by molar-refractivity contribution is -0.112. The molecule has 0 atom stereocenters. The third-order valence-corrected chi connectivity index (χ3v) is 8.90. The van der Waals surface area contributed by atoms with E-state index in [-0.39, 0.29) is 12.0 Å². The number of hydrogen-bond donors (Lipinski definition) is 3. The van der Waals surface area contributed by atoms with Crippen molar-refractivity contribution < 1.29 is 14.3 Å². The highest BCUT2D eigenvalue weighted by Gasteiger charge is 2.22. The first-order chi connectivity index (χ1) is 22.8. The maximum absolute atomic E-state index is 13.3. The molecule has 2 aliphatic heterocycles. The van der Waals surface area contributed by atoms with Gasteiger partial charge in [0.1, 0.15) is 30.3 Å². The zero-order valence-electron chi connectivity index (χ0n) is 26.7. The van der Waals surface area contributed by atoms with Crippen molar-refractivity contribution >= 4 is 45.5 Å². The Bertz CT molecular complexity index is 1820. The molecule has 0 bridgehead atoms. The van der Waals surface area contributed by atoms with Crippen molar-refractivity contribution in [3.05, 3.63) is 94.2 Å². The number of nitriles is 1. The largest absolute Gasteiger partial charge is 0.488 e. The van der Waals surface area contributed by atoms with Crippen LogP contribution in [0.4, 0.5) is 17.1 Å². The van der Waals surface area contributed by atoms with Crippen LogP contribution in [0.25, 0.3) is 10.9 Å². The molecule has 1 aromatic heterocycles. The molecule has 3 heterocycles. The van der Waals surface area contributed by atoms with E-state index < -0.39 is 0 Å². The van der Waals surface area contributed by atoms with Gasteiger partial charge in [0.15, 0.2) is 0 Å². The van der Waals surface area contributed by atoms with E-state index in [1.54, 1.807) is 18.3 Å². The molecule has 0 spiro atoms. The number of anilines is 3. The summed E-state index contributed by atoms with van der Waals surface area (Å²) in [6.07, 6.45) is 6.71. The van der Waals surface area contributed by atoms with E-state index in [4.69, 9.17) is 21.1 Å². The number of carbonyl (C=O) groups excluding carboxylic acids is 1. The lowest BCUT2D eigenvalue weighted by Gasteiger charge is -2.30. The quantitative estimate of drug-likeness (QED) is 0.164. The molecule has 0 unspecified atom stereocenters. The molecule has 1 amide bonds. The van der Waals surface area contributed by atoms with E-state index >= 15 is 0 Å². The monoisotopic (exact) mass is 650 g/mol. The third-order valence-electron chi connectivity index (χ3n) is 8.60. The second-order valence-electron chi connectivity index (χ2n) is 12.2. The van der Waals surface area contributed by atoms with E-state index in [0.717, 1.165) is 63.0 Å². The van der Waals surface area contributed by atoms with Gasteiger partial charge in [-0.25, -0.2) is 0 Å². The topological polar surface area (TPSA) is 112 Å². The number of halogens is 1. The number of fused-ring (bicyclic) bond motifs is 1. The Morgan fingerprint density at radius 1 is 1.11 bits per heavy atom. The Balaban J connectivity index is 1.30. The van der Waals surface area contributed by atoms with Gasteiger partial charge in [-0.15, -0.1) is 0 Å². The van der Waals surface area contributed by atoms with Gasteiger partial charge in [-0.1, -0.05) is 47.0 Å². The Morgan fingerprint density at radius 2 is 1.87 bits per heavy atom. The van der Waals surface area contributed by atoms with Crippen LogP contribution in [-0.2, 0) is 11.4 Å². The first kappa shape index (κ1) is 32.3. The summed E-state index contributed by atoms with van der Waals surface area (Å²) in [4.78, 5) is 20.1. The summed E-state index contributed by atoms with van der Waals surface area (Å²) < 4.78 is 12.5. The number of ether oxygens (including phenoxy) is 2. The summed E-state index contributed by atoms with van der Waals surface area (Å²) in [5, 5.41) is 20.9. The van der Waals surface area contributed by atoms with Crippen LogP contribution in [0.5, 0.6) is 11.5 Å². The summed E-state index contributed by atoms with van der Waals surface area (Å²) in [5.41, 5.74) is 6.09. The van der Waals surface area contributed by atoms with Crippen LogP contribution in [0.1, 0.15) is 42.4 Å². The SMILES string of the molecule is Cc1ccc(COc2ccc(Nc3c(C#N)cnc4cc(OC5CCN(C)CC5)c(NC(=O)C=C5CCNCC5)cc34)cc2Cl)cc1. The Kier molecular flexibility index (Phi) is 10.2. The number of aromatic nitrogens is 1. The molecular formula is C37H39ClN6O3. The fourth-order valence-corrected chi connectivity index (χ4v) is 6.08. The van der Waals surface area contributed by atoms with Crippen LogP contribution in [-0.4, -0.2) is 55.1 Å². The van der Waals surface area contributed by atoms with Crippen molar-refractivity contribution in [1.82, 2.24) is 15.2 Å². The maximum Gasteiger partial charge on any atom is 0.248 e. The van der Waals surface area contributed by atoms with Crippen molar-refractivity contribution in [3.8, 4) is 17.6 Å². The number of benzene rings is 3. The molecule has 0 saturated carbocycles. The standard InChI is InChI=1S/C37H39ClN6O3/c1-24-3-5-26(6-4-24)23-46-34-8-7-28(18-31(34)38)42-37-27(21-39)22-41-32-20-35(47-29-11-15-44(2)16-12-29)33(19-30(32)37)43-36(45)17-25-9-13-40-14-10-25/h3-8,17-20,22,29,40H,9-16,23H2,1-2H3,(H,41,42)(H,43,45). The number of carbonyl (C=O) groups is 1. The number of piperidine rings is 2. The van der Waals surface area contributed by atoms with Crippen LogP contribution < -0.4 is 25.4 Å². The zero-order chi connectivity index (χ0) is 32.8. The van der Waals surface area contributed by atoms with Crippen molar-refractivity contribution in [2.24, 2.45) is 0 Å². The molecule has 2 saturated heterocycles. The van der Waals surface area contributed by atoms with Gasteiger partial charge >= 0.3 is 0 Å². The minimum Gasteiger partial charge on any atom is -0.488 e. The zero-order valence-corrected chi connectivity index (χ0v) is 27.5. The first-order valence-electron chi connectivity index (χ1n) is 16.0. The van der Waals surface area contributed by atoms with E-state index in [0.29, 0.717) is 56.7 Å². The average Bonchev–Trinajstić information content (AvgIpc) is 3.07. The van der Waals surface area contributed by atoms with Gasteiger partial charge in [0.05, 0.1) is 27.5 Å².